The van der Waals surface area contributed by atoms with Gasteiger partial charge in [-0.3, -0.25) is 0 Å². The Hall–Kier alpha value is 0.250. The molecule has 0 radical (unpaired) electrons. The van der Waals surface area contributed by atoms with Crippen molar-refractivity contribution in [1.82, 2.24) is 4.90 Å². The van der Waals surface area contributed by atoms with E-state index in [0.717, 1.165) is 0 Å². The predicted molar refractivity (Wildman–Crippen MR) is 26.9 cm³/mol. The summed E-state index contributed by atoms with van der Waals surface area (Å²) in [6, 6.07) is 0. The summed E-state index contributed by atoms with van der Waals surface area (Å²) in [7, 11) is 6.00. The highest BCUT2D eigenvalue weighted by atomic mass is 35.5. The van der Waals surface area contributed by atoms with Crippen LogP contribution in [0.3, 0.4) is 0 Å². The first kappa shape index (κ1) is 8.98. The molecule has 0 atom stereocenters. The van der Waals surface area contributed by atoms with Crippen LogP contribution in [0.4, 0.5) is 0 Å². The molecule has 5 heavy (non-hydrogen) atoms. The van der Waals surface area contributed by atoms with E-state index in [4.69, 9.17) is 0 Å². The average molecular weight is 102 g/mol. The summed E-state index contributed by atoms with van der Waals surface area (Å²) in [6.07, 6.45) is 0. The Morgan fingerprint density at radius 3 is 1.00 bits per heavy atom. The molecule has 0 aliphatic rings. The molecule has 0 aliphatic heterocycles. The van der Waals surface area contributed by atoms with Crippen molar-refractivity contribution in [3.63, 3.8) is 0 Å². The lowest BCUT2D eigenvalue weighted by Gasteiger charge is -1.90. The standard InChI is InChI=1S/C3H9N.ClH/c1-4(2)3;/h1-3H3;1H/i1+2,2+2,3+2;. The third kappa shape index (κ3) is 344. The van der Waals surface area contributed by atoms with Gasteiger partial charge in [0.1, 0.15) is 0 Å². The molecular formula is C3H10ClN. The van der Waals surface area contributed by atoms with Crippen LogP contribution in [0.15, 0.2) is 0 Å². The molecule has 0 saturated heterocycles. The topological polar surface area (TPSA) is 3.24 Å². The number of hydrogen-bond donors (Lipinski definition) is 0. The normalized spacial score (nSPS) is 7.20. The molecule has 0 aromatic heterocycles. The van der Waals surface area contributed by atoms with E-state index in [9.17, 15) is 0 Å². The van der Waals surface area contributed by atoms with E-state index in [2.05, 4.69) is 0 Å². The molecule has 2 heteroatoms. The van der Waals surface area contributed by atoms with Gasteiger partial charge >= 0.3 is 0 Å². The quantitative estimate of drug-likeness (QED) is 0.432. The third-order valence-electron chi connectivity index (χ3n) is 0. The van der Waals surface area contributed by atoms with E-state index in [1.54, 1.807) is 0 Å². The zero-order valence-electron chi connectivity index (χ0n) is 3.86. The maximum absolute atomic E-state index is 2.00. The lowest BCUT2D eigenvalue weighted by atomic mass is 12.3. The molecule has 0 aromatic carbocycles. The van der Waals surface area contributed by atoms with Gasteiger partial charge in [-0.2, -0.15) is 0 Å². The largest absolute Gasteiger partial charge is 0.312 e. The average Bonchev–Trinajstić information content (AvgIpc) is 0.811. The summed E-state index contributed by atoms with van der Waals surface area (Å²) in [5.74, 6) is 0. The van der Waals surface area contributed by atoms with Crippen LogP contribution in [-0.4, -0.2) is 26.0 Å². The smallest absolute Gasteiger partial charge is 0.0140 e. The van der Waals surface area contributed by atoms with E-state index in [1.807, 2.05) is 26.0 Å². The lowest BCUT2D eigenvalue weighted by molar-refractivity contribution is 0.505. The van der Waals surface area contributed by atoms with Gasteiger partial charge in [-0.05, 0) is 21.1 Å². The Bertz CT molecular complexity index is 11.6. The van der Waals surface area contributed by atoms with Crippen LogP contribution in [0.2, 0.25) is 0 Å². The minimum atomic E-state index is 0. The number of nitrogens with zero attached hydrogens (tertiary/aromatic N) is 1. The molecule has 0 fully saturated rings. The number of rotatable bonds is 0. The zero-order chi connectivity index (χ0) is 3.58. The fourth-order valence-electron chi connectivity index (χ4n) is 0. The molecule has 0 aliphatic carbocycles. The molecule has 0 saturated carbocycles. The predicted octanol–water partition coefficient (Wildman–Crippen LogP) is 0.600. The van der Waals surface area contributed by atoms with Crippen LogP contribution in [0.25, 0.3) is 0 Å². The molecule has 0 rings (SSSR count). The summed E-state index contributed by atoms with van der Waals surface area (Å²) in [6.45, 7) is 0. The molecule has 0 amide bonds. The van der Waals surface area contributed by atoms with Crippen LogP contribution >= 0.6 is 12.4 Å². The first-order valence-corrected chi connectivity index (χ1v) is 1.34. The van der Waals surface area contributed by atoms with Crippen LogP contribution in [0, 0.1) is 0 Å². The lowest BCUT2D eigenvalue weighted by Crippen LogP contribution is -1.99. The summed E-state index contributed by atoms with van der Waals surface area (Å²) >= 11 is 0. The van der Waals surface area contributed by atoms with Crippen molar-refractivity contribution in [2.45, 2.75) is 0 Å². The Morgan fingerprint density at radius 2 is 1.00 bits per heavy atom. The fraction of sp³-hybridized carbons (Fsp3) is 1.00. The second-order valence-corrected chi connectivity index (χ2v) is 1.34. The molecular weight excluding hydrogens is 91.5 g/mol. The van der Waals surface area contributed by atoms with Gasteiger partial charge in [0.15, 0.2) is 0 Å². The van der Waals surface area contributed by atoms with Gasteiger partial charge in [0.2, 0.25) is 0 Å². The molecule has 0 spiro atoms. The molecule has 34 valence electrons. The second kappa shape index (κ2) is 4.25. The van der Waals surface area contributed by atoms with E-state index in [1.165, 1.54) is 0 Å². The third-order valence-corrected chi connectivity index (χ3v) is 0. The molecule has 1 nitrogen and oxygen atoms in total. The van der Waals surface area contributed by atoms with Crippen LogP contribution in [0.1, 0.15) is 0 Å². The van der Waals surface area contributed by atoms with Crippen molar-refractivity contribution in [3.05, 3.63) is 0 Å². The van der Waals surface area contributed by atoms with Crippen LogP contribution in [0.5, 0.6) is 0 Å². The van der Waals surface area contributed by atoms with E-state index in [0.29, 0.717) is 0 Å². The van der Waals surface area contributed by atoms with Crippen molar-refractivity contribution < 1.29 is 0 Å². The van der Waals surface area contributed by atoms with Gasteiger partial charge in [-0.25, -0.2) is 0 Å². The molecule has 0 unspecified atom stereocenters. The van der Waals surface area contributed by atoms with Crippen molar-refractivity contribution in [2.24, 2.45) is 0 Å². The van der Waals surface area contributed by atoms with Crippen molar-refractivity contribution in [1.29, 1.82) is 0 Å². The first-order valence-electron chi connectivity index (χ1n) is 1.34. The van der Waals surface area contributed by atoms with Gasteiger partial charge in [0.05, 0.1) is 0 Å². The summed E-state index contributed by atoms with van der Waals surface area (Å²) in [4.78, 5) is 2.00. The van der Waals surface area contributed by atoms with Crippen LogP contribution in [-0.2, 0) is 0 Å². The van der Waals surface area contributed by atoms with Crippen molar-refractivity contribution in [3.8, 4) is 0 Å². The maximum atomic E-state index is 2.00. The summed E-state index contributed by atoms with van der Waals surface area (Å²) in [5, 5.41) is 0. The number of hydrogen-bond acceptors (Lipinski definition) is 1. The zero-order valence-corrected chi connectivity index (χ0v) is 4.67. The Balaban J connectivity index is 0. The van der Waals surface area contributed by atoms with Gasteiger partial charge in [0, 0.05) is 0 Å². The van der Waals surface area contributed by atoms with Crippen molar-refractivity contribution in [2.75, 3.05) is 21.1 Å². The van der Waals surface area contributed by atoms with Gasteiger partial charge in [-0.1, -0.05) is 0 Å². The van der Waals surface area contributed by atoms with E-state index in [-0.39, 0.29) is 12.4 Å². The summed E-state index contributed by atoms with van der Waals surface area (Å²) in [5.41, 5.74) is 0. The molecule has 0 aromatic rings. The van der Waals surface area contributed by atoms with Gasteiger partial charge in [0.25, 0.3) is 0 Å². The van der Waals surface area contributed by atoms with E-state index < -0.39 is 0 Å². The fourth-order valence-corrected chi connectivity index (χ4v) is 0. The number of halogens is 1. The van der Waals surface area contributed by atoms with E-state index >= 15 is 0 Å². The Labute approximate surface area is 39.4 Å². The van der Waals surface area contributed by atoms with Gasteiger partial charge in [-0.15, -0.1) is 12.4 Å². The highest BCUT2D eigenvalue weighted by molar-refractivity contribution is 5.85. The molecule has 0 heterocycles. The minimum absolute atomic E-state index is 0. The van der Waals surface area contributed by atoms with Gasteiger partial charge < -0.3 is 4.90 Å². The second-order valence-electron chi connectivity index (χ2n) is 1.34. The highest BCUT2D eigenvalue weighted by Gasteiger charge is 1.58. The Kier molecular flexibility index (Phi) is 7.63. The minimum Gasteiger partial charge on any atom is -0.312 e. The molecule has 0 bridgehead atoms. The first-order chi connectivity index (χ1) is 1.73. The van der Waals surface area contributed by atoms with Crippen molar-refractivity contribution >= 4 is 12.4 Å². The monoisotopic (exact) mass is 101 g/mol. The SMILES string of the molecule is Cl.[14CH3]N([14CH3])[14CH3]. The maximum Gasteiger partial charge on any atom is -0.0140 e. The Morgan fingerprint density at radius 1 is 1.00 bits per heavy atom. The molecule has 0 N–H and O–H groups in total. The van der Waals surface area contributed by atoms with Crippen LogP contribution < -0.4 is 0 Å². The highest BCUT2D eigenvalue weighted by Crippen LogP contribution is 1.47. The summed E-state index contributed by atoms with van der Waals surface area (Å²) < 4.78 is 0.